The molecule has 27 heavy (non-hydrogen) atoms. The molecule has 2 heterocycles. The summed E-state index contributed by atoms with van der Waals surface area (Å²) in [5, 5.41) is 0.567. The van der Waals surface area contributed by atoms with E-state index in [0.29, 0.717) is 29.0 Å². The van der Waals surface area contributed by atoms with E-state index in [4.69, 9.17) is 21.3 Å². The van der Waals surface area contributed by atoms with Gasteiger partial charge in [-0.2, -0.15) is 0 Å². The van der Waals surface area contributed by atoms with Gasteiger partial charge in [-0.15, -0.1) is 0 Å². The van der Waals surface area contributed by atoms with Crippen LogP contribution in [-0.4, -0.2) is 41.2 Å². The summed E-state index contributed by atoms with van der Waals surface area (Å²) in [6.07, 6.45) is 2.81. The van der Waals surface area contributed by atoms with Crippen LogP contribution in [0.5, 0.6) is 5.75 Å². The molecule has 1 amide bonds. The fourth-order valence-electron chi connectivity index (χ4n) is 3.67. The molecule has 0 aliphatic carbocycles. The predicted octanol–water partition coefficient (Wildman–Crippen LogP) is 4.65. The van der Waals surface area contributed by atoms with Crippen molar-refractivity contribution in [1.82, 2.24) is 14.5 Å². The van der Waals surface area contributed by atoms with Gasteiger partial charge in [0.1, 0.15) is 11.6 Å². The molecule has 1 aromatic carbocycles. The largest absolute Gasteiger partial charge is 0.497 e. The zero-order valence-electron chi connectivity index (χ0n) is 16.6. The minimum Gasteiger partial charge on any atom is -0.497 e. The Bertz CT molecular complexity index is 849. The summed E-state index contributed by atoms with van der Waals surface area (Å²) < 4.78 is 7.37. The van der Waals surface area contributed by atoms with Crippen molar-refractivity contribution in [2.75, 3.05) is 25.7 Å². The number of aryl methyl sites for hydroxylation is 1. The lowest BCUT2D eigenvalue weighted by Gasteiger charge is -2.35. The molecular weight excluding hydrogens is 364 g/mol. The summed E-state index contributed by atoms with van der Waals surface area (Å²) >= 11 is 6.53. The molecule has 1 aliphatic rings. The lowest BCUT2D eigenvalue weighted by atomic mass is 10.1. The van der Waals surface area contributed by atoms with Crippen molar-refractivity contribution >= 4 is 29.0 Å². The van der Waals surface area contributed by atoms with Crippen molar-refractivity contribution < 1.29 is 9.53 Å². The van der Waals surface area contributed by atoms with Crippen LogP contribution in [0.3, 0.4) is 0 Å². The number of halogens is 1. The van der Waals surface area contributed by atoms with Crippen molar-refractivity contribution in [1.29, 1.82) is 0 Å². The Hall–Kier alpha value is -2.21. The van der Waals surface area contributed by atoms with Crippen LogP contribution in [0.4, 0.5) is 11.5 Å². The molecule has 2 aromatic rings. The highest BCUT2D eigenvalue weighted by Gasteiger charge is 2.36. The van der Waals surface area contributed by atoms with Gasteiger partial charge in [-0.1, -0.05) is 31.9 Å². The van der Waals surface area contributed by atoms with Gasteiger partial charge in [0.15, 0.2) is 11.5 Å². The number of carbonyl (C=O) groups excluding carboxylic acids is 1. The molecule has 0 N–H and O–H groups in total. The summed E-state index contributed by atoms with van der Waals surface area (Å²) in [7, 11) is 3.42. The van der Waals surface area contributed by atoms with Crippen LogP contribution in [0.2, 0.25) is 5.02 Å². The molecule has 0 bridgehead atoms. The number of hydrogen-bond acceptors (Lipinski definition) is 4. The third-order valence-electron chi connectivity index (χ3n) is 5.03. The average Bonchev–Trinajstić information content (AvgIpc) is 3.05. The second-order valence-electron chi connectivity index (χ2n) is 6.95. The standard InChI is InChI=1S/C20H27ClN4O2/c1-6-8-13(3)25-17(7-2)22-19-18(25)20(26)23(4)12-24(19)16-10-9-14(27-5)11-15(16)21/h9-11,13H,6-8,12H2,1-5H3. The first-order valence-corrected chi connectivity index (χ1v) is 9.78. The number of hydrogen-bond donors (Lipinski definition) is 0. The second kappa shape index (κ2) is 7.80. The van der Waals surface area contributed by atoms with Crippen LogP contribution < -0.4 is 9.64 Å². The number of imidazole rings is 1. The number of amides is 1. The maximum atomic E-state index is 13.0. The van der Waals surface area contributed by atoms with Crippen LogP contribution in [-0.2, 0) is 6.42 Å². The number of rotatable bonds is 6. The fraction of sp³-hybridized carbons (Fsp3) is 0.500. The highest BCUT2D eigenvalue weighted by molar-refractivity contribution is 6.33. The number of fused-ring (bicyclic) bond motifs is 1. The Balaban J connectivity index is 2.17. The third-order valence-corrected chi connectivity index (χ3v) is 5.34. The van der Waals surface area contributed by atoms with Crippen molar-refractivity contribution in [3.8, 4) is 5.75 Å². The molecule has 146 valence electrons. The predicted molar refractivity (Wildman–Crippen MR) is 108 cm³/mol. The maximum Gasteiger partial charge on any atom is 0.275 e. The quantitative estimate of drug-likeness (QED) is 0.720. The monoisotopic (exact) mass is 390 g/mol. The molecular formula is C20H27ClN4O2. The van der Waals surface area contributed by atoms with E-state index in [1.807, 2.05) is 24.1 Å². The number of anilines is 2. The average molecular weight is 391 g/mol. The lowest BCUT2D eigenvalue weighted by Crippen LogP contribution is -2.43. The van der Waals surface area contributed by atoms with E-state index in [1.54, 1.807) is 18.1 Å². The van der Waals surface area contributed by atoms with Crippen molar-refractivity contribution in [2.45, 2.75) is 46.1 Å². The molecule has 1 aliphatic heterocycles. The van der Waals surface area contributed by atoms with E-state index in [-0.39, 0.29) is 11.9 Å². The summed E-state index contributed by atoms with van der Waals surface area (Å²) in [6, 6.07) is 5.78. The zero-order chi connectivity index (χ0) is 19.7. The number of methoxy groups -OCH3 is 1. The first-order valence-electron chi connectivity index (χ1n) is 9.40. The zero-order valence-corrected chi connectivity index (χ0v) is 17.4. The van der Waals surface area contributed by atoms with Gasteiger partial charge in [0.25, 0.3) is 5.91 Å². The normalized spacial score (nSPS) is 15.1. The van der Waals surface area contributed by atoms with Gasteiger partial charge in [-0.05, 0) is 25.5 Å². The molecule has 1 atom stereocenters. The van der Waals surface area contributed by atoms with Crippen molar-refractivity contribution in [3.63, 3.8) is 0 Å². The van der Waals surface area contributed by atoms with Gasteiger partial charge in [-0.25, -0.2) is 4.98 Å². The molecule has 0 spiro atoms. The minimum atomic E-state index is 0.000960. The molecule has 6 nitrogen and oxygen atoms in total. The number of nitrogens with zero attached hydrogens (tertiary/aromatic N) is 4. The Labute approximate surface area is 165 Å². The van der Waals surface area contributed by atoms with E-state index in [0.717, 1.165) is 30.8 Å². The number of carbonyl (C=O) groups is 1. The van der Waals surface area contributed by atoms with Crippen LogP contribution in [0.15, 0.2) is 18.2 Å². The summed E-state index contributed by atoms with van der Waals surface area (Å²) in [5.41, 5.74) is 1.46. The topological polar surface area (TPSA) is 50.6 Å². The van der Waals surface area contributed by atoms with E-state index in [1.165, 1.54) is 0 Å². The van der Waals surface area contributed by atoms with Crippen LogP contribution in [0.1, 0.15) is 56.0 Å². The highest BCUT2D eigenvalue weighted by Crippen LogP contribution is 2.39. The Morgan fingerprint density at radius 1 is 1.33 bits per heavy atom. The highest BCUT2D eigenvalue weighted by atomic mass is 35.5. The molecule has 0 saturated heterocycles. The molecule has 1 unspecified atom stereocenters. The van der Waals surface area contributed by atoms with Gasteiger partial charge in [0.05, 0.1) is 24.5 Å². The van der Waals surface area contributed by atoms with Crippen LogP contribution in [0, 0.1) is 0 Å². The van der Waals surface area contributed by atoms with Crippen molar-refractivity contribution in [3.05, 3.63) is 34.7 Å². The van der Waals surface area contributed by atoms with E-state index in [9.17, 15) is 4.79 Å². The number of benzene rings is 1. The Morgan fingerprint density at radius 3 is 2.67 bits per heavy atom. The minimum absolute atomic E-state index is 0.000960. The molecule has 7 heteroatoms. The maximum absolute atomic E-state index is 13.0. The van der Waals surface area contributed by atoms with Crippen LogP contribution >= 0.6 is 11.6 Å². The molecule has 0 saturated carbocycles. The molecule has 3 rings (SSSR count). The molecule has 1 aromatic heterocycles. The summed E-state index contributed by atoms with van der Waals surface area (Å²) in [4.78, 5) is 21.6. The third kappa shape index (κ3) is 3.38. The number of ether oxygens (including phenoxy) is 1. The summed E-state index contributed by atoms with van der Waals surface area (Å²) in [6.45, 7) is 6.78. The van der Waals surface area contributed by atoms with Crippen molar-refractivity contribution in [2.24, 2.45) is 0 Å². The fourth-order valence-corrected chi connectivity index (χ4v) is 3.94. The van der Waals surface area contributed by atoms with Gasteiger partial charge >= 0.3 is 0 Å². The van der Waals surface area contributed by atoms with E-state index in [2.05, 4.69) is 25.3 Å². The second-order valence-corrected chi connectivity index (χ2v) is 7.36. The van der Waals surface area contributed by atoms with Gasteiger partial charge in [0, 0.05) is 25.6 Å². The van der Waals surface area contributed by atoms with Gasteiger partial charge < -0.3 is 19.1 Å². The SMILES string of the molecule is CCCC(C)n1c(CC)nc2c1C(=O)N(C)CN2c1ccc(OC)cc1Cl. The smallest absolute Gasteiger partial charge is 0.275 e. The Kier molecular flexibility index (Phi) is 5.65. The first-order chi connectivity index (χ1) is 12.9. The van der Waals surface area contributed by atoms with E-state index >= 15 is 0 Å². The van der Waals surface area contributed by atoms with Gasteiger partial charge in [0.2, 0.25) is 0 Å². The van der Waals surface area contributed by atoms with Gasteiger partial charge in [-0.3, -0.25) is 4.79 Å². The molecule has 0 fully saturated rings. The number of aromatic nitrogens is 2. The Morgan fingerprint density at radius 2 is 2.07 bits per heavy atom. The lowest BCUT2D eigenvalue weighted by molar-refractivity contribution is 0.0773. The summed E-state index contributed by atoms with van der Waals surface area (Å²) in [5.74, 6) is 2.31. The first kappa shape index (κ1) is 19.5. The van der Waals surface area contributed by atoms with E-state index < -0.39 is 0 Å². The molecule has 0 radical (unpaired) electrons. The van der Waals surface area contributed by atoms with Crippen LogP contribution in [0.25, 0.3) is 0 Å².